The molecule has 0 saturated heterocycles. The van der Waals surface area contributed by atoms with Crippen LogP contribution >= 0.6 is 7.60 Å². The number of aromatic nitrogens is 4. The van der Waals surface area contributed by atoms with Crippen molar-refractivity contribution < 1.29 is 18.3 Å². The molecular formula is C32H52N5O4P. The maximum Gasteiger partial charge on any atom is 0.404 e. The summed E-state index contributed by atoms with van der Waals surface area (Å²) in [6.45, 7) is 3.42. The number of hydrogen-bond acceptors (Lipinski definition) is 8. The molecule has 42 heavy (non-hydrogen) atoms. The summed E-state index contributed by atoms with van der Waals surface area (Å²) in [5, 5.41) is 0. The summed E-state index contributed by atoms with van der Waals surface area (Å²) in [4.78, 5) is 12.5. The van der Waals surface area contributed by atoms with E-state index in [1.165, 1.54) is 96.2 Å². The third kappa shape index (κ3) is 13.2. The van der Waals surface area contributed by atoms with Gasteiger partial charge in [-0.1, -0.05) is 121 Å². The summed E-state index contributed by atoms with van der Waals surface area (Å²) in [6.07, 6.45) is 23.8. The number of ether oxygens (including phenoxy) is 1. The number of imidazole rings is 1. The molecule has 3 rings (SSSR count). The molecule has 2 aromatic heterocycles. The molecule has 0 bridgehead atoms. The van der Waals surface area contributed by atoms with Gasteiger partial charge < -0.3 is 19.6 Å². The van der Waals surface area contributed by atoms with Crippen LogP contribution in [-0.4, -0.2) is 39.1 Å². The predicted molar refractivity (Wildman–Crippen MR) is 171 cm³/mol. The van der Waals surface area contributed by atoms with Gasteiger partial charge in [-0.25, -0.2) is 19.5 Å². The first-order valence-corrected chi connectivity index (χ1v) is 17.8. The molecule has 0 radical (unpaired) electrons. The van der Waals surface area contributed by atoms with Crippen LogP contribution < -0.4 is 10.3 Å². The zero-order chi connectivity index (χ0) is 29.7. The van der Waals surface area contributed by atoms with E-state index < -0.39 is 7.60 Å². The molecular weight excluding hydrogens is 549 g/mol. The van der Waals surface area contributed by atoms with E-state index in [4.69, 9.17) is 19.5 Å². The summed E-state index contributed by atoms with van der Waals surface area (Å²) in [7, 11) is -3.49. The molecule has 1 atom stereocenters. The molecule has 2 heterocycles. The highest BCUT2D eigenvalue weighted by Crippen LogP contribution is 2.48. The van der Waals surface area contributed by atoms with Gasteiger partial charge in [0.1, 0.15) is 17.6 Å². The number of hydrogen-bond donors (Lipinski definition) is 1. The smallest absolute Gasteiger partial charge is 0.404 e. The van der Waals surface area contributed by atoms with E-state index in [1.807, 2.05) is 22.8 Å². The lowest BCUT2D eigenvalue weighted by molar-refractivity contribution is 0.139. The SMILES string of the molecule is CCCCCCCCCCCCCCCCCCOP(=O)(COCCn1cnc2c(N)ncnc21)Oc1ccccc1. The van der Waals surface area contributed by atoms with Crippen molar-refractivity contribution in [2.75, 3.05) is 25.3 Å². The van der Waals surface area contributed by atoms with E-state index in [2.05, 4.69) is 21.9 Å². The van der Waals surface area contributed by atoms with Gasteiger partial charge in [0, 0.05) is 6.54 Å². The second-order valence-electron chi connectivity index (χ2n) is 11.1. The molecule has 234 valence electrons. The van der Waals surface area contributed by atoms with E-state index in [9.17, 15) is 4.57 Å². The van der Waals surface area contributed by atoms with Crippen LogP contribution in [0.25, 0.3) is 11.2 Å². The summed E-state index contributed by atoms with van der Waals surface area (Å²) in [5.74, 6) is 0.840. The molecule has 1 unspecified atom stereocenters. The van der Waals surface area contributed by atoms with Crippen molar-refractivity contribution in [1.82, 2.24) is 19.5 Å². The largest absolute Gasteiger partial charge is 0.423 e. The van der Waals surface area contributed by atoms with Crippen molar-refractivity contribution in [1.29, 1.82) is 0 Å². The molecule has 0 aliphatic rings. The monoisotopic (exact) mass is 601 g/mol. The first kappa shape index (κ1) is 34.0. The summed E-state index contributed by atoms with van der Waals surface area (Å²) < 4.78 is 32.8. The summed E-state index contributed by atoms with van der Waals surface area (Å²) in [5.41, 5.74) is 7.05. The Morgan fingerprint density at radius 1 is 0.762 bits per heavy atom. The average molecular weight is 602 g/mol. The van der Waals surface area contributed by atoms with Gasteiger partial charge in [0.05, 0.1) is 19.5 Å². The highest BCUT2D eigenvalue weighted by atomic mass is 31.2. The molecule has 0 aliphatic carbocycles. The van der Waals surface area contributed by atoms with Crippen LogP contribution in [0.15, 0.2) is 43.0 Å². The van der Waals surface area contributed by atoms with Crippen molar-refractivity contribution in [3.05, 3.63) is 43.0 Å². The maximum absolute atomic E-state index is 13.5. The van der Waals surface area contributed by atoms with Crippen molar-refractivity contribution in [3.8, 4) is 5.75 Å². The lowest BCUT2D eigenvalue weighted by Crippen LogP contribution is -2.11. The number of unbranched alkanes of at least 4 members (excludes halogenated alkanes) is 15. The number of para-hydroxylation sites is 1. The quantitative estimate of drug-likeness (QED) is 0.0756. The van der Waals surface area contributed by atoms with Crippen LogP contribution in [0.2, 0.25) is 0 Å². The Labute approximate surface area is 252 Å². The number of benzene rings is 1. The lowest BCUT2D eigenvalue weighted by Gasteiger charge is -2.19. The van der Waals surface area contributed by atoms with Crippen molar-refractivity contribution in [3.63, 3.8) is 0 Å². The zero-order valence-electron chi connectivity index (χ0n) is 25.6. The van der Waals surface area contributed by atoms with E-state index in [1.54, 1.807) is 18.5 Å². The first-order chi connectivity index (χ1) is 20.6. The molecule has 0 spiro atoms. The van der Waals surface area contributed by atoms with Crippen LogP contribution in [0.4, 0.5) is 5.82 Å². The highest BCUT2D eigenvalue weighted by Gasteiger charge is 2.27. The highest BCUT2D eigenvalue weighted by molar-refractivity contribution is 7.54. The van der Waals surface area contributed by atoms with Crippen LogP contribution in [0.5, 0.6) is 5.75 Å². The van der Waals surface area contributed by atoms with E-state index in [-0.39, 0.29) is 6.35 Å². The second kappa shape index (κ2) is 20.4. The Balaban J connectivity index is 1.26. The number of fused-ring (bicyclic) bond motifs is 1. The summed E-state index contributed by atoms with van der Waals surface area (Å²) in [6, 6.07) is 9.11. The van der Waals surface area contributed by atoms with Crippen molar-refractivity contribution in [2.45, 2.75) is 116 Å². The minimum absolute atomic E-state index is 0.134. The number of rotatable bonds is 25. The van der Waals surface area contributed by atoms with Crippen molar-refractivity contribution >= 4 is 24.6 Å². The van der Waals surface area contributed by atoms with Gasteiger partial charge >= 0.3 is 7.60 Å². The van der Waals surface area contributed by atoms with Crippen molar-refractivity contribution in [2.24, 2.45) is 0 Å². The van der Waals surface area contributed by atoms with Gasteiger partial charge in [0.25, 0.3) is 0 Å². The van der Waals surface area contributed by atoms with Gasteiger partial charge in [-0.05, 0) is 18.6 Å². The van der Waals surface area contributed by atoms with Crippen LogP contribution in [0.1, 0.15) is 110 Å². The minimum Gasteiger partial charge on any atom is -0.423 e. The van der Waals surface area contributed by atoms with Gasteiger partial charge in [-0.3, -0.25) is 4.52 Å². The Hall–Kier alpha value is -2.48. The van der Waals surface area contributed by atoms with Gasteiger partial charge in [-0.2, -0.15) is 0 Å². The third-order valence-corrected chi connectivity index (χ3v) is 8.99. The Morgan fingerprint density at radius 3 is 1.98 bits per heavy atom. The molecule has 10 heteroatoms. The fraction of sp³-hybridized carbons (Fsp3) is 0.656. The molecule has 2 N–H and O–H groups in total. The Bertz CT molecular complexity index is 1160. The second-order valence-corrected chi connectivity index (χ2v) is 13.0. The molecule has 9 nitrogen and oxygen atoms in total. The third-order valence-electron chi connectivity index (χ3n) is 7.43. The van der Waals surface area contributed by atoms with Gasteiger partial charge in [0.2, 0.25) is 0 Å². The van der Waals surface area contributed by atoms with E-state index >= 15 is 0 Å². The van der Waals surface area contributed by atoms with Crippen LogP contribution in [0.3, 0.4) is 0 Å². The fourth-order valence-electron chi connectivity index (χ4n) is 4.99. The Morgan fingerprint density at radius 2 is 1.36 bits per heavy atom. The Kier molecular flexibility index (Phi) is 16.5. The minimum atomic E-state index is -3.49. The predicted octanol–water partition coefficient (Wildman–Crippen LogP) is 8.93. The molecule has 1 aromatic carbocycles. The van der Waals surface area contributed by atoms with Gasteiger partial charge in [-0.15, -0.1) is 0 Å². The molecule has 0 fully saturated rings. The van der Waals surface area contributed by atoms with Crippen LogP contribution in [-0.2, 0) is 20.4 Å². The molecule has 0 aliphatic heterocycles. The topological polar surface area (TPSA) is 114 Å². The fourth-order valence-corrected chi connectivity index (χ4v) is 6.37. The number of nitrogen functional groups attached to an aromatic ring is 1. The van der Waals surface area contributed by atoms with E-state index in [0.717, 1.165) is 12.8 Å². The number of nitrogens with two attached hydrogens (primary N) is 1. The molecule has 0 saturated carbocycles. The number of nitrogens with zero attached hydrogens (tertiary/aromatic N) is 4. The first-order valence-electron chi connectivity index (χ1n) is 16.1. The van der Waals surface area contributed by atoms with Gasteiger partial charge in [0.15, 0.2) is 17.8 Å². The van der Waals surface area contributed by atoms with E-state index in [0.29, 0.717) is 42.5 Å². The standard InChI is InChI=1S/C32H52N5O4P/c1-2-3-4-5-6-7-8-9-10-11-12-13-14-15-16-20-24-40-42(38,41-29-21-18-17-19-22-29)28-39-25-23-37-27-36-30-31(33)34-26-35-32(30)37/h17-19,21-22,26-27H,2-16,20,23-25,28H2,1H3,(H2,33,34,35). The normalized spacial score (nSPS) is 13.0. The molecule has 3 aromatic rings. The number of anilines is 1. The molecule has 0 amide bonds. The zero-order valence-corrected chi connectivity index (χ0v) is 26.5. The maximum atomic E-state index is 13.5. The lowest BCUT2D eigenvalue weighted by atomic mass is 10.0. The average Bonchev–Trinajstić information content (AvgIpc) is 3.42. The van der Waals surface area contributed by atoms with Crippen LogP contribution in [0, 0.1) is 0 Å². The summed E-state index contributed by atoms with van der Waals surface area (Å²) >= 11 is 0.